The van der Waals surface area contributed by atoms with Gasteiger partial charge in [-0.2, -0.15) is 11.8 Å². The van der Waals surface area contributed by atoms with E-state index in [-0.39, 0.29) is 34.6 Å². The molecule has 2 heterocycles. The molecule has 0 saturated carbocycles. The van der Waals surface area contributed by atoms with Gasteiger partial charge in [-0.05, 0) is 32.6 Å². The van der Waals surface area contributed by atoms with Gasteiger partial charge in [0.15, 0.2) is 15.8 Å². The quantitative estimate of drug-likeness (QED) is 0.384. The maximum Gasteiger partial charge on any atom is 0.194 e. The third-order valence-electron chi connectivity index (χ3n) is 4.08. The number of aliphatic imine (C=N–C) groups is 1. The number of sulfone groups is 1. The molecule has 136 valence electrons. The van der Waals surface area contributed by atoms with Crippen LogP contribution in [-0.2, 0) is 9.84 Å². The summed E-state index contributed by atoms with van der Waals surface area (Å²) in [4.78, 5) is 7.08. The summed E-state index contributed by atoms with van der Waals surface area (Å²) in [6.45, 7) is 10.2. The third-order valence-corrected chi connectivity index (χ3v) is 7.22. The number of hydrogen-bond acceptors (Lipinski definition) is 4. The van der Waals surface area contributed by atoms with Gasteiger partial charge in [-0.15, -0.1) is 24.0 Å². The number of hydrogen-bond donors (Lipinski definition) is 1. The van der Waals surface area contributed by atoms with Crippen molar-refractivity contribution in [2.24, 2.45) is 10.9 Å². The van der Waals surface area contributed by atoms with E-state index in [0.29, 0.717) is 18.1 Å². The molecule has 0 aromatic heterocycles. The van der Waals surface area contributed by atoms with E-state index in [1.54, 1.807) is 0 Å². The second-order valence-corrected chi connectivity index (χ2v) is 10.9. The lowest BCUT2D eigenvalue weighted by molar-refractivity contribution is 0.374. The Kier molecular flexibility index (Phi) is 8.47. The number of thioether (sulfide) groups is 1. The summed E-state index contributed by atoms with van der Waals surface area (Å²) in [5.74, 6) is 2.89. The van der Waals surface area contributed by atoms with Crippen LogP contribution in [0.3, 0.4) is 0 Å². The average molecular weight is 475 g/mol. The van der Waals surface area contributed by atoms with Crippen molar-refractivity contribution < 1.29 is 8.42 Å². The van der Waals surface area contributed by atoms with Crippen molar-refractivity contribution in [3.63, 3.8) is 0 Å². The topological polar surface area (TPSA) is 61.8 Å². The van der Waals surface area contributed by atoms with E-state index >= 15 is 0 Å². The Balaban J connectivity index is 0.00000264. The lowest BCUT2D eigenvalue weighted by atomic mass is 10.1. The van der Waals surface area contributed by atoms with Crippen LogP contribution in [0, 0.1) is 5.92 Å². The first-order valence-electron chi connectivity index (χ1n) is 8.19. The number of nitrogens with one attached hydrogen (secondary N) is 1. The van der Waals surface area contributed by atoms with Crippen molar-refractivity contribution in [2.45, 2.75) is 38.4 Å². The van der Waals surface area contributed by atoms with Gasteiger partial charge in [-0.3, -0.25) is 4.99 Å². The molecule has 2 aliphatic rings. The molecule has 5 nitrogen and oxygen atoms in total. The van der Waals surface area contributed by atoms with Crippen LogP contribution in [0.2, 0.25) is 0 Å². The average Bonchev–Trinajstić information content (AvgIpc) is 2.77. The minimum atomic E-state index is -2.81. The summed E-state index contributed by atoms with van der Waals surface area (Å²) >= 11 is 2.00. The van der Waals surface area contributed by atoms with E-state index in [9.17, 15) is 8.42 Å². The van der Waals surface area contributed by atoms with Crippen LogP contribution in [0.1, 0.15) is 33.6 Å². The Morgan fingerprint density at radius 1 is 1.43 bits per heavy atom. The largest absolute Gasteiger partial charge is 0.356 e. The summed E-state index contributed by atoms with van der Waals surface area (Å²) < 4.78 is 23.4. The van der Waals surface area contributed by atoms with E-state index in [2.05, 4.69) is 31.0 Å². The van der Waals surface area contributed by atoms with Crippen LogP contribution >= 0.6 is 35.7 Å². The van der Waals surface area contributed by atoms with E-state index < -0.39 is 9.84 Å². The van der Waals surface area contributed by atoms with Gasteiger partial charge in [-0.1, -0.05) is 6.92 Å². The molecule has 23 heavy (non-hydrogen) atoms. The van der Waals surface area contributed by atoms with Crippen LogP contribution in [0.5, 0.6) is 0 Å². The van der Waals surface area contributed by atoms with Gasteiger partial charge in [0, 0.05) is 36.7 Å². The summed E-state index contributed by atoms with van der Waals surface area (Å²) in [6, 6.07) is 0. The Morgan fingerprint density at radius 3 is 2.74 bits per heavy atom. The minimum Gasteiger partial charge on any atom is -0.356 e. The first kappa shape index (κ1) is 21.3. The van der Waals surface area contributed by atoms with Gasteiger partial charge in [-0.25, -0.2) is 8.42 Å². The molecule has 0 radical (unpaired) electrons. The highest BCUT2D eigenvalue weighted by Gasteiger charge is 2.30. The molecule has 0 bridgehead atoms. The molecule has 2 saturated heterocycles. The van der Waals surface area contributed by atoms with Gasteiger partial charge in [0.25, 0.3) is 0 Å². The van der Waals surface area contributed by atoms with Crippen molar-refractivity contribution in [1.82, 2.24) is 10.2 Å². The number of rotatable bonds is 4. The maximum atomic E-state index is 11.6. The summed E-state index contributed by atoms with van der Waals surface area (Å²) in [5, 5.41) is 3.44. The van der Waals surface area contributed by atoms with Gasteiger partial charge >= 0.3 is 0 Å². The van der Waals surface area contributed by atoms with Crippen LogP contribution in [0.4, 0.5) is 0 Å². The van der Waals surface area contributed by atoms with Crippen LogP contribution in [0.15, 0.2) is 4.99 Å². The molecule has 2 aliphatic heterocycles. The lowest BCUT2D eigenvalue weighted by Gasteiger charge is -2.39. The predicted molar refractivity (Wildman–Crippen MR) is 111 cm³/mol. The van der Waals surface area contributed by atoms with E-state index in [1.807, 2.05) is 11.8 Å². The van der Waals surface area contributed by atoms with Crippen molar-refractivity contribution in [3.8, 4) is 0 Å². The summed E-state index contributed by atoms with van der Waals surface area (Å²) in [6.07, 6.45) is 1.82. The highest BCUT2D eigenvalue weighted by molar-refractivity contribution is 14.0. The Labute approximate surface area is 162 Å². The van der Waals surface area contributed by atoms with Gasteiger partial charge in [0.1, 0.15) is 0 Å². The molecule has 0 aromatic rings. The third kappa shape index (κ3) is 6.97. The zero-order valence-corrected chi connectivity index (χ0v) is 18.3. The molecular formula is C15H30IN3O2S2. The Hall–Kier alpha value is 0.300. The molecule has 1 N–H and O–H groups in total. The van der Waals surface area contributed by atoms with Gasteiger partial charge < -0.3 is 10.2 Å². The molecule has 0 aliphatic carbocycles. The fourth-order valence-electron chi connectivity index (χ4n) is 2.93. The van der Waals surface area contributed by atoms with Crippen LogP contribution in [-0.4, -0.2) is 67.5 Å². The Bertz CT molecular complexity index is 509. The molecule has 2 fully saturated rings. The summed E-state index contributed by atoms with van der Waals surface area (Å²) in [7, 11) is -2.81. The zero-order chi connectivity index (χ0) is 16.2. The van der Waals surface area contributed by atoms with Crippen LogP contribution in [0.25, 0.3) is 0 Å². The molecular weight excluding hydrogens is 445 g/mol. The SMILES string of the molecule is CCCNC(=NCC1CCS(=O)(=O)C1)N1CCSC(C)(C)C1.I. The van der Waals surface area contributed by atoms with Gasteiger partial charge in [0.05, 0.1) is 11.5 Å². The van der Waals surface area contributed by atoms with Gasteiger partial charge in [0.2, 0.25) is 0 Å². The van der Waals surface area contributed by atoms with E-state index in [1.165, 1.54) is 0 Å². The highest BCUT2D eigenvalue weighted by Crippen LogP contribution is 2.29. The van der Waals surface area contributed by atoms with Crippen molar-refractivity contribution in [3.05, 3.63) is 0 Å². The fourth-order valence-corrected chi connectivity index (χ4v) is 5.89. The predicted octanol–water partition coefficient (Wildman–Crippen LogP) is 2.22. The van der Waals surface area contributed by atoms with Crippen molar-refractivity contribution >= 4 is 51.5 Å². The molecule has 1 unspecified atom stereocenters. The van der Waals surface area contributed by atoms with E-state index in [4.69, 9.17) is 4.99 Å². The second kappa shape index (κ2) is 9.12. The first-order valence-corrected chi connectivity index (χ1v) is 11.0. The Morgan fingerprint density at radius 2 is 2.17 bits per heavy atom. The summed E-state index contributed by atoms with van der Waals surface area (Å²) in [5.41, 5.74) is 0. The molecule has 8 heteroatoms. The highest BCUT2D eigenvalue weighted by atomic mass is 127. The zero-order valence-electron chi connectivity index (χ0n) is 14.4. The fraction of sp³-hybridized carbons (Fsp3) is 0.933. The van der Waals surface area contributed by atoms with Crippen molar-refractivity contribution in [1.29, 1.82) is 0 Å². The molecule has 0 aromatic carbocycles. The maximum absolute atomic E-state index is 11.6. The smallest absolute Gasteiger partial charge is 0.194 e. The lowest BCUT2D eigenvalue weighted by Crippen LogP contribution is -2.51. The van der Waals surface area contributed by atoms with Crippen molar-refractivity contribution in [2.75, 3.05) is 43.4 Å². The molecule has 0 amide bonds. The number of halogens is 1. The number of nitrogens with zero attached hydrogens (tertiary/aromatic N) is 2. The number of guanidine groups is 1. The second-order valence-electron chi connectivity index (χ2n) is 6.89. The standard InChI is InChI=1S/C15H29N3O2S2.HI/c1-4-6-16-14(18-7-8-21-15(2,3)12-18)17-10-13-5-9-22(19,20)11-13;/h13H,4-12H2,1-3H3,(H,16,17);1H. The molecule has 2 rings (SSSR count). The first-order chi connectivity index (χ1) is 10.3. The van der Waals surface area contributed by atoms with E-state index in [0.717, 1.165) is 44.2 Å². The molecule has 0 spiro atoms. The monoisotopic (exact) mass is 475 g/mol. The normalized spacial score (nSPS) is 26.7. The minimum absolute atomic E-state index is 0. The molecule has 1 atom stereocenters. The van der Waals surface area contributed by atoms with Crippen LogP contribution < -0.4 is 5.32 Å².